The van der Waals surface area contributed by atoms with Crippen molar-refractivity contribution >= 4 is 0 Å². The van der Waals surface area contributed by atoms with Crippen LogP contribution in [0.15, 0.2) is 24.3 Å². The first-order valence-corrected chi connectivity index (χ1v) is 9.15. The average molecular weight is 508 g/mol. The quantitative estimate of drug-likeness (QED) is 0.186. The van der Waals surface area contributed by atoms with Gasteiger partial charge in [0.25, 0.3) is 0 Å². The van der Waals surface area contributed by atoms with Crippen LogP contribution in [-0.4, -0.2) is 28.4 Å². The van der Waals surface area contributed by atoms with Crippen molar-refractivity contribution in [2.45, 2.75) is 38.3 Å². The van der Waals surface area contributed by atoms with Gasteiger partial charge in [-0.1, -0.05) is 25.0 Å². The average Bonchev–Trinajstić information content (AvgIpc) is 2.74. The Hall–Kier alpha value is -1.29. The van der Waals surface area contributed by atoms with Crippen molar-refractivity contribution in [3.05, 3.63) is 85.6 Å². The third-order valence-electron chi connectivity index (χ3n) is 4.79. The first-order valence-electron chi connectivity index (χ1n) is 9.15. The minimum absolute atomic E-state index is 0. The number of hydrogen-bond donors (Lipinski definition) is 0. The summed E-state index contributed by atoms with van der Waals surface area (Å²) in [6, 6.07) is 8.77. The van der Waals surface area contributed by atoms with Crippen LogP contribution in [0, 0.1) is 50.3 Å². The van der Waals surface area contributed by atoms with Gasteiger partial charge < -0.3 is 33.8 Å². The van der Waals surface area contributed by atoms with Crippen molar-refractivity contribution in [3.63, 3.8) is 0 Å². The molecular weight excluding hydrogens is 476 g/mol. The molecule has 2 aromatic rings. The fraction of sp³-hybridized carbons (Fsp3) is 0.417. The number of methoxy groups -OCH3 is 4. The van der Waals surface area contributed by atoms with E-state index in [-0.39, 0.29) is 47.7 Å². The van der Waals surface area contributed by atoms with Crippen molar-refractivity contribution in [2.24, 2.45) is 0 Å². The zero-order valence-corrected chi connectivity index (χ0v) is 21.9. The van der Waals surface area contributed by atoms with E-state index in [9.17, 15) is 17.6 Å². The summed E-state index contributed by atoms with van der Waals surface area (Å²) in [7, 11) is 5.65. The Morgan fingerprint density at radius 3 is 1.09 bits per heavy atom. The van der Waals surface area contributed by atoms with Gasteiger partial charge in [0.1, 0.15) is 0 Å². The second kappa shape index (κ2) is 16.4. The summed E-state index contributed by atoms with van der Waals surface area (Å²) in [5.74, 6) is -5.41. The predicted molar refractivity (Wildman–Crippen MR) is 115 cm³/mol. The van der Waals surface area contributed by atoms with Crippen LogP contribution in [0.2, 0.25) is 0 Å². The normalized spacial score (nSPS) is 10.7. The molecule has 9 heteroatoms. The maximum Gasteiger partial charge on any atom is 4.00 e. The summed E-state index contributed by atoms with van der Waals surface area (Å²) in [5, 5.41) is 0. The number of halogens is 4. The van der Waals surface area contributed by atoms with Gasteiger partial charge in [-0.05, 0) is 12.8 Å². The molecule has 0 bridgehead atoms. The summed E-state index contributed by atoms with van der Waals surface area (Å²) in [5.41, 5.74) is 0.299. The molecule has 0 N–H and O–H groups in total. The maximum absolute atomic E-state index is 13.5. The van der Waals surface area contributed by atoms with E-state index in [2.05, 4.69) is 0 Å². The minimum Gasteiger partial charge on any atom is -0.360 e. The van der Waals surface area contributed by atoms with Crippen LogP contribution in [-0.2, 0) is 52.2 Å². The number of hydrogen-bond acceptors (Lipinski definition) is 4. The first-order chi connectivity index (χ1) is 14.2. The summed E-state index contributed by atoms with van der Waals surface area (Å²) >= 11 is 0. The molecule has 2 aromatic carbocycles. The molecule has 0 amide bonds. The third-order valence-corrected chi connectivity index (χ3v) is 4.79. The molecule has 0 aliphatic rings. The largest absolute Gasteiger partial charge is 4.00 e. The molecule has 184 valence electrons. The van der Waals surface area contributed by atoms with E-state index in [1.807, 2.05) is 12.1 Å². The molecule has 0 aromatic heterocycles. The van der Waals surface area contributed by atoms with Gasteiger partial charge in [-0.3, -0.25) is 0 Å². The zero-order chi connectivity index (χ0) is 22.9. The maximum atomic E-state index is 13.5. The van der Waals surface area contributed by atoms with Crippen LogP contribution < -0.4 is 0 Å². The molecule has 33 heavy (non-hydrogen) atoms. The Morgan fingerprint density at radius 2 is 0.909 bits per heavy atom. The molecule has 0 saturated heterocycles. The Morgan fingerprint density at radius 1 is 0.636 bits per heavy atom. The second-order valence-electron chi connectivity index (χ2n) is 6.10. The summed E-state index contributed by atoms with van der Waals surface area (Å²) in [6.45, 7) is 3.57. The van der Waals surface area contributed by atoms with Gasteiger partial charge in [0.2, 0.25) is 0 Å². The van der Waals surface area contributed by atoms with Crippen LogP contribution in [0.5, 0.6) is 0 Å². The summed E-state index contributed by atoms with van der Waals surface area (Å²) in [4.78, 5) is 0. The Kier molecular flexibility index (Phi) is 18.0. The number of rotatable bonds is 8. The first kappa shape index (κ1) is 36.3. The molecule has 0 aliphatic carbocycles. The van der Waals surface area contributed by atoms with E-state index in [0.29, 0.717) is 12.8 Å². The van der Waals surface area contributed by atoms with E-state index < -0.39 is 34.8 Å². The molecule has 0 spiro atoms. The monoisotopic (exact) mass is 508 g/mol. The van der Waals surface area contributed by atoms with Crippen LogP contribution >= 0.6 is 0 Å². The van der Waals surface area contributed by atoms with Gasteiger partial charge in [-0.15, -0.1) is 24.3 Å². The van der Waals surface area contributed by atoms with Gasteiger partial charge in [-0.2, -0.15) is 12.1 Å². The van der Waals surface area contributed by atoms with Crippen LogP contribution in [0.25, 0.3) is 0 Å². The van der Waals surface area contributed by atoms with Crippen LogP contribution in [0.3, 0.4) is 0 Å². The summed E-state index contributed by atoms with van der Waals surface area (Å²) < 4.78 is 72.8. The standard InChI is InChI=1S/2C11H13F2O2.2CH3.Ti/c2*1-4-11(14-2,15-3)9-6-5-8(12)7-10(9)13;;;/h2*5-6H,4H2,1-3H3;2*1H3;/q4*-1;+4. The number of benzene rings is 2. The molecule has 4 nitrogen and oxygen atoms in total. The smallest absolute Gasteiger partial charge is 0.360 e. The molecule has 0 unspecified atom stereocenters. The fourth-order valence-corrected chi connectivity index (χ4v) is 3.04. The van der Waals surface area contributed by atoms with Gasteiger partial charge in [0.15, 0.2) is 11.6 Å². The van der Waals surface area contributed by atoms with Gasteiger partial charge in [-0.25, -0.2) is 17.6 Å². The predicted octanol–water partition coefficient (Wildman–Crippen LogP) is 6.14. The molecule has 0 saturated carbocycles. The Balaban J connectivity index is -0.000000500. The number of ether oxygens (including phenoxy) is 4. The topological polar surface area (TPSA) is 36.9 Å². The van der Waals surface area contributed by atoms with E-state index in [4.69, 9.17) is 18.9 Å². The van der Waals surface area contributed by atoms with Crippen molar-refractivity contribution in [1.82, 2.24) is 0 Å². The minimum atomic E-state index is -1.17. The van der Waals surface area contributed by atoms with E-state index in [1.54, 1.807) is 13.8 Å². The van der Waals surface area contributed by atoms with Crippen molar-refractivity contribution in [2.75, 3.05) is 28.4 Å². The van der Waals surface area contributed by atoms with Gasteiger partial charge in [0, 0.05) is 51.7 Å². The molecule has 0 aliphatic heterocycles. The molecule has 0 radical (unpaired) electrons. The second-order valence-corrected chi connectivity index (χ2v) is 6.10. The van der Waals surface area contributed by atoms with Gasteiger partial charge in [0.05, 0.1) is 0 Å². The van der Waals surface area contributed by atoms with E-state index in [0.717, 1.165) is 12.1 Å². The van der Waals surface area contributed by atoms with E-state index in [1.165, 1.54) is 40.6 Å². The van der Waals surface area contributed by atoms with Crippen LogP contribution in [0.4, 0.5) is 17.6 Å². The molecule has 2 rings (SSSR count). The van der Waals surface area contributed by atoms with Gasteiger partial charge >= 0.3 is 21.7 Å². The Bertz CT molecular complexity index is 729. The van der Waals surface area contributed by atoms with Crippen LogP contribution in [0.1, 0.15) is 37.8 Å². The third kappa shape index (κ3) is 8.46. The fourth-order valence-electron chi connectivity index (χ4n) is 3.04. The summed E-state index contributed by atoms with van der Waals surface area (Å²) in [6.07, 6.45) is 0.826. The Labute approximate surface area is 210 Å². The van der Waals surface area contributed by atoms with E-state index >= 15 is 0 Å². The molecule has 0 heterocycles. The molecular formula is C24H32F4O4Ti. The van der Waals surface area contributed by atoms with Crippen molar-refractivity contribution in [3.8, 4) is 0 Å². The molecule has 0 fully saturated rings. The van der Waals surface area contributed by atoms with Crippen molar-refractivity contribution < 1.29 is 58.2 Å². The molecule has 0 atom stereocenters. The van der Waals surface area contributed by atoms with Crippen molar-refractivity contribution in [1.29, 1.82) is 0 Å². The SMILES string of the molecule is CCC(OC)(OC)c1ccc(F)[c-]c1F.CCC(OC)(OC)c1ccc(F)[c-]c1F.[CH3-].[CH3-].[Ti+4]. The zero-order valence-electron chi connectivity index (χ0n) is 20.4.